The highest BCUT2D eigenvalue weighted by atomic mass is 35.5. The lowest BCUT2D eigenvalue weighted by atomic mass is 9.93. The van der Waals surface area contributed by atoms with Crippen molar-refractivity contribution in [2.24, 2.45) is 0 Å². The normalized spacial score (nSPS) is 16.9. The van der Waals surface area contributed by atoms with Crippen molar-refractivity contribution >= 4 is 38.9 Å². The van der Waals surface area contributed by atoms with Gasteiger partial charge in [0.15, 0.2) is 0 Å². The summed E-state index contributed by atoms with van der Waals surface area (Å²) in [6.45, 7) is 2.35. The number of nitrogens with zero attached hydrogens (tertiary/aromatic N) is 1. The maximum Gasteiger partial charge on any atom is 0.211 e. The molecule has 4 rings (SSSR count). The molecule has 0 spiro atoms. The highest BCUT2D eigenvalue weighted by molar-refractivity contribution is 7.89. The van der Waals surface area contributed by atoms with Gasteiger partial charge in [-0.15, -0.1) is 0 Å². The Balaban J connectivity index is 1.44. The number of benzene rings is 2. The summed E-state index contributed by atoms with van der Waals surface area (Å²) >= 11 is 6.21. The zero-order valence-electron chi connectivity index (χ0n) is 18.8. The van der Waals surface area contributed by atoms with Gasteiger partial charge in [0.2, 0.25) is 16.4 Å². The zero-order chi connectivity index (χ0) is 24.3. The second-order valence-corrected chi connectivity index (χ2v) is 10.8. The largest absolute Gasteiger partial charge is 0.493 e. The van der Waals surface area contributed by atoms with Gasteiger partial charge in [0.05, 0.1) is 24.5 Å². The molecule has 2 aromatic carbocycles. The Labute approximate surface area is 203 Å². The minimum Gasteiger partial charge on any atom is -0.493 e. The molecule has 2 atom stereocenters. The van der Waals surface area contributed by atoms with Crippen LogP contribution in [0.5, 0.6) is 5.75 Å². The molecule has 10 heteroatoms. The number of nitrogens with one attached hydrogen (secondary N) is 2. The fraction of sp³-hybridized carbons (Fsp3) is 0.375. The number of hydrogen-bond donors (Lipinski definition) is 3. The van der Waals surface area contributed by atoms with Crippen LogP contribution in [0.25, 0.3) is 10.9 Å². The van der Waals surface area contributed by atoms with Crippen LogP contribution in [-0.2, 0) is 21.2 Å². The Bertz CT molecular complexity index is 1260. The van der Waals surface area contributed by atoms with Crippen molar-refractivity contribution in [2.75, 3.05) is 25.4 Å². The Morgan fingerprint density at radius 1 is 1.29 bits per heavy atom. The van der Waals surface area contributed by atoms with Crippen LogP contribution in [0.4, 0.5) is 0 Å². The lowest BCUT2D eigenvalue weighted by molar-refractivity contribution is -0.120. The first-order valence-corrected chi connectivity index (χ1v) is 13.2. The lowest BCUT2D eigenvalue weighted by Crippen LogP contribution is -2.35. The van der Waals surface area contributed by atoms with Crippen LogP contribution in [0, 0.1) is 0 Å². The maximum absolute atomic E-state index is 11.8. The highest BCUT2D eigenvalue weighted by Gasteiger charge is 2.31. The predicted octanol–water partition coefficient (Wildman–Crippen LogP) is 2.99. The van der Waals surface area contributed by atoms with Crippen LogP contribution in [0.3, 0.4) is 0 Å². The van der Waals surface area contributed by atoms with Crippen molar-refractivity contribution in [2.45, 2.75) is 31.9 Å². The first-order valence-electron chi connectivity index (χ1n) is 11.2. The van der Waals surface area contributed by atoms with Crippen molar-refractivity contribution in [3.63, 3.8) is 0 Å². The SMILES string of the molecule is CCS(=O)(=O)NCC(O)CCOc1ccc(C2c3[nH]c4ccc(Cl)cc4c3CCN2C=O)cc1. The van der Waals surface area contributed by atoms with Crippen LogP contribution >= 0.6 is 11.6 Å². The number of aromatic nitrogens is 1. The molecule has 2 unspecified atom stereocenters. The maximum atomic E-state index is 11.8. The van der Waals surface area contributed by atoms with E-state index in [1.807, 2.05) is 42.5 Å². The molecule has 1 aromatic heterocycles. The number of fused-ring (bicyclic) bond motifs is 3. The van der Waals surface area contributed by atoms with Crippen molar-refractivity contribution in [1.82, 2.24) is 14.6 Å². The number of hydrogen-bond acceptors (Lipinski definition) is 5. The van der Waals surface area contributed by atoms with Crippen molar-refractivity contribution < 1.29 is 23.1 Å². The number of carbonyl (C=O) groups excluding carboxylic acids is 1. The topological polar surface area (TPSA) is 112 Å². The molecule has 1 amide bonds. The number of amides is 1. The van der Waals surface area contributed by atoms with E-state index in [4.69, 9.17) is 16.3 Å². The number of ether oxygens (including phenoxy) is 1. The summed E-state index contributed by atoms with van der Waals surface area (Å²) in [5.74, 6) is 0.598. The summed E-state index contributed by atoms with van der Waals surface area (Å²) in [5.41, 5.74) is 4.11. The van der Waals surface area contributed by atoms with Crippen LogP contribution in [0.15, 0.2) is 42.5 Å². The quantitative estimate of drug-likeness (QED) is 0.367. The Morgan fingerprint density at radius 3 is 2.76 bits per heavy atom. The Hall–Kier alpha value is -2.59. The molecule has 3 N–H and O–H groups in total. The van der Waals surface area contributed by atoms with Gasteiger partial charge in [0, 0.05) is 41.1 Å². The zero-order valence-corrected chi connectivity index (χ0v) is 20.4. The van der Waals surface area contributed by atoms with Crippen LogP contribution in [0.2, 0.25) is 5.02 Å². The van der Waals surface area contributed by atoms with Crippen LogP contribution in [-0.4, -0.2) is 61.4 Å². The smallest absolute Gasteiger partial charge is 0.211 e. The molecule has 0 saturated carbocycles. The average molecular weight is 506 g/mol. The molecule has 0 bridgehead atoms. The number of halogens is 1. The fourth-order valence-electron chi connectivity index (χ4n) is 4.24. The van der Waals surface area contributed by atoms with E-state index < -0.39 is 16.1 Å². The standard InChI is InChI=1S/C24H28ClN3O5S/c1-2-34(31,32)26-14-18(30)10-12-33-19-6-3-16(4-7-19)24-23-20(9-11-28(24)15-29)21-13-17(25)5-8-22(21)27-23/h3-8,13,15,18,24,26-27,30H,2,9-12,14H2,1H3. The van der Waals surface area contributed by atoms with E-state index in [1.165, 1.54) is 12.5 Å². The lowest BCUT2D eigenvalue weighted by Gasteiger charge is -2.33. The number of sulfonamides is 1. The molecule has 8 nitrogen and oxygen atoms in total. The molecule has 3 aromatic rings. The van der Waals surface area contributed by atoms with Gasteiger partial charge in [-0.1, -0.05) is 23.7 Å². The molecule has 0 fully saturated rings. The summed E-state index contributed by atoms with van der Waals surface area (Å²) in [4.78, 5) is 17.1. The van der Waals surface area contributed by atoms with Gasteiger partial charge in [-0.05, 0) is 54.8 Å². The van der Waals surface area contributed by atoms with E-state index in [1.54, 1.807) is 4.90 Å². The van der Waals surface area contributed by atoms with Gasteiger partial charge in [0.1, 0.15) is 5.75 Å². The second-order valence-electron chi connectivity index (χ2n) is 8.31. The summed E-state index contributed by atoms with van der Waals surface area (Å²) < 4.78 is 31.0. The van der Waals surface area contributed by atoms with E-state index in [0.717, 1.165) is 35.0 Å². The Morgan fingerprint density at radius 2 is 2.06 bits per heavy atom. The van der Waals surface area contributed by atoms with Gasteiger partial charge in [-0.2, -0.15) is 0 Å². The third kappa shape index (κ3) is 5.38. The van der Waals surface area contributed by atoms with Crippen molar-refractivity contribution in [3.8, 4) is 5.75 Å². The van der Waals surface area contributed by atoms with E-state index in [9.17, 15) is 18.3 Å². The minimum atomic E-state index is -3.33. The summed E-state index contributed by atoms with van der Waals surface area (Å²) in [5, 5.41) is 11.7. The van der Waals surface area contributed by atoms with Crippen molar-refractivity contribution in [1.29, 1.82) is 0 Å². The monoisotopic (exact) mass is 505 g/mol. The van der Waals surface area contributed by atoms with E-state index >= 15 is 0 Å². The second kappa shape index (κ2) is 10.4. The van der Waals surface area contributed by atoms with Gasteiger partial charge < -0.3 is 19.7 Å². The number of carbonyl (C=O) groups is 1. The molecule has 1 aliphatic rings. The summed E-state index contributed by atoms with van der Waals surface area (Å²) in [6.07, 6.45) is 1.09. The van der Waals surface area contributed by atoms with Gasteiger partial charge in [-0.25, -0.2) is 13.1 Å². The number of H-pyrrole nitrogens is 1. The van der Waals surface area contributed by atoms with Crippen molar-refractivity contribution in [3.05, 3.63) is 64.3 Å². The number of aromatic amines is 1. The number of aliphatic hydroxyl groups excluding tert-OH is 1. The molecule has 34 heavy (non-hydrogen) atoms. The molecule has 2 heterocycles. The first kappa shape index (κ1) is 24.5. The van der Waals surface area contributed by atoms with E-state index in [-0.39, 0.29) is 31.4 Å². The number of rotatable bonds is 10. The molecule has 0 radical (unpaired) electrons. The predicted molar refractivity (Wildman–Crippen MR) is 132 cm³/mol. The summed E-state index contributed by atoms with van der Waals surface area (Å²) in [6, 6.07) is 13.0. The molecule has 0 saturated heterocycles. The molecular weight excluding hydrogens is 478 g/mol. The highest BCUT2D eigenvalue weighted by Crippen LogP contribution is 2.38. The van der Waals surface area contributed by atoms with Crippen LogP contribution < -0.4 is 9.46 Å². The molecule has 1 aliphatic heterocycles. The molecule has 182 valence electrons. The van der Waals surface area contributed by atoms with Gasteiger partial charge >= 0.3 is 0 Å². The third-order valence-corrected chi connectivity index (χ3v) is 7.70. The van der Waals surface area contributed by atoms with Gasteiger partial charge in [0.25, 0.3) is 0 Å². The first-order chi connectivity index (χ1) is 16.3. The van der Waals surface area contributed by atoms with E-state index in [0.29, 0.717) is 17.3 Å². The molecule has 0 aliphatic carbocycles. The minimum absolute atomic E-state index is 0.0289. The number of aliphatic hydroxyl groups is 1. The molecular formula is C24H28ClN3O5S. The van der Waals surface area contributed by atoms with Crippen LogP contribution in [0.1, 0.15) is 36.2 Å². The Kier molecular flexibility index (Phi) is 7.47. The van der Waals surface area contributed by atoms with Gasteiger partial charge in [-0.3, -0.25) is 4.79 Å². The summed E-state index contributed by atoms with van der Waals surface area (Å²) in [7, 11) is -3.33. The fourth-order valence-corrected chi connectivity index (χ4v) is 5.06. The average Bonchev–Trinajstić information content (AvgIpc) is 3.20. The third-order valence-electron chi connectivity index (χ3n) is 6.10. The van der Waals surface area contributed by atoms with E-state index in [2.05, 4.69) is 9.71 Å².